The van der Waals surface area contributed by atoms with E-state index in [1.807, 2.05) is 13.8 Å². The predicted molar refractivity (Wildman–Crippen MR) is 97.3 cm³/mol. The third-order valence-electron chi connectivity index (χ3n) is 5.04. The summed E-state index contributed by atoms with van der Waals surface area (Å²) in [7, 11) is -3.74. The second-order valence-corrected chi connectivity index (χ2v) is 9.27. The molecule has 0 saturated carbocycles. The molecule has 2 heterocycles. The Balaban J connectivity index is 1.56. The van der Waals surface area contributed by atoms with Gasteiger partial charge in [-0.05, 0) is 32.0 Å². The Morgan fingerprint density at radius 1 is 1.19 bits per heavy atom. The monoisotopic (exact) mass is 400 g/mol. The fourth-order valence-electron chi connectivity index (χ4n) is 3.81. The van der Waals surface area contributed by atoms with Gasteiger partial charge in [-0.15, -0.1) is 0 Å². The average Bonchev–Trinajstić information content (AvgIpc) is 2.61. The molecule has 0 unspecified atom stereocenters. The van der Waals surface area contributed by atoms with Crippen molar-refractivity contribution in [3.05, 3.63) is 30.1 Å². The first-order valence-corrected chi connectivity index (χ1v) is 10.7. The molecular formula is C18H27FN3O4S+. The molecule has 1 aromatic rings. The molecule has 1 N–H and O–H groups in total. The van der Waals surface area contributed by atoms with Crippen LogP contribution in [0.2, 0.25) is 0 Å². The quantitative estimate of drug-likeness (QED) is 0.729. The van der Waals surface area contributed by atoms with Gasteiger partial charge in [0.1, 0.15) is 31.1 Å². The van der Waals surface area contributed by atoms with Gasteiger partial charge in [0.05, 0.1) is 4.90 Å². The van der Waals surface area contributed by atoms with E-state index in [1.54, 1.807) is 4.90 Å². The summed E-state index contributed by atoms with van der Waals surface area (Å²) in [6, 6.07) is 5.01. The van der Waals surface area contributed by atoms with Gasteiger partial charge in [0.2, 0.25) is 10.0 Å². The van der Waals surface area contributed by atoms with Crippen molar-refractivity contribution in [1.82, 2.24) is 9.21 Å². The number of quaternary nitrogens is 1. The van der Waals surface area contributed by atoms with Gasteiger partial charge in [-0.2, -0.15) is 4.31 Å². The molecule has 0 aromatic heterocycles. The van der Waals surface area contributed by atoms with Crippen LogP contribution in [0.15, 0.2) is 29.2 Å². The summed E-state index contributed by atoms with van der Waals surface area (Å²) >= 11 is 0. The third kappa shape index (κ3) is 4.84. The molecule has 3 rings (SSSR count). The normalized spacial score (nSPS) is 27.5. The zero-order chi connectivity index (χ0) is 19.6. The van der Waals surface area contributed by atoms with Gasteiger partial charge in [-0.1, -0.05) is 6.07 Å². The number of carbonyl (C=O) groups excluding carboxylic acids is 1. The molecular weight excluding hydrogens is 373 g/mol. The van der Waals surface area contributed by atoms with E-state index in [0.29, 0.717) is 19.6 Å². The van der Waals surface area contributed by atoms with Crippen molar-refractivity contribution in [3.63, 3.8) is 0 Å². The molecule has 2 aliphatic heterocycles. The number of carbonyl (C=O) groups is 1. The molecule has 0 spiro atoms. The maximum absolute atomic E-state index is 13.4. The van der Waals surface area contributed by atoms with E-state index in [1.165, 1.54) is 27.4 Å². The second kappa shape index (κ2) is 8.22. The van der Waals surface area contributed by atoms with Crippen LogP contribution in [0.1, 0.15) is 13.8 Å². The Labute approximate surface area is 159 Å². The molecule has 2 aliphatic rings. The first-order valence-electron chi connectivity index (χ1n) is 9.28. The molecule has 1 amide bonds. The molecule has 2 saturated heterocycles. The van der Waals surface area contributed by atoms with Crippen molar-refractivity contribution in [1.29, 1.82) is 0 Å². The summed E-state index contributed by atoms with van der Waals surface area (Å²) in [6.45, 7) is 7.14. The van der Waals surface area contributed by atoms with Gasteiger partial charge in [-0.25, -0.2) is 12.8 Å². The number of halogens is 1. The van der Waals surface area contributed by atoms with E-state index >= 15 is 0 Å². The molecule has 0 radical (unpaired) electrons. The van der Waals surface area contributed by atoms with Gasteiger partial charge in [0.25, 0.3) is 5.91 Å². The molecule has 0 aliphatic carbocycles. The summed E-state index contributed by atoms with van der Waals surface area (Å²) in [4.78, 5) is 15.5. The highest BCUT2D eigenvalue weighted by molar-refractivity contribution is 7.89. The van der Waals surface area contributed by atoms with Crippen molar-refractivity contribution >= 4 is 15.9 Å². The van der Waals surface area contributed by atoms with Gasteiger partial charge >= 0.3 is 0 Å². The largest absolute Gasteiger partial charge is 0.364 e. The number of rotatable bonds is 4. The molecule has 7 nitrogen and oxygen atoms in total. The number of hydrogen-bond donors (Lipinski definition) is 1. The number of piperazine rings is 1. The lowest BCUT2D eigenvalue weighted by atomic mass is 10.2. The van der Waals surface area contributed by atoms with E-state index in [2.05, 4.69) is 0 Å². The topological polar surface area (TPSA) is 71.4 Å². The molecule has 0 bridgehead atoms. The summed E-state index contributed by atoms with van der Waals surface area (Å²) < 4.78 is 45.7. The van der Waals surface area contributed by atoms with Gasteiger partial charge in [-0.3, -0.25) is 4.79 Å². The SMILES string of the molecule is C[C@H]1C[NH+](CC(=O)N2CCN(S(=O)(=O)c3cccc(F)c3)CC2)C[C@H](C)O1. The van der Waals surface area contributed by atoms with Crippen molar-refractivity contribution < 1.29 is 27.2 Å². The highest BCUT2D eigenvalue weighted by Crippen LogP contribution is 2.18. The molecule has 27 heavy (non-hydrogen) atoms. The molecule has 2 atom stereocenters. The summed E-state index contributed by atoms with van der Waals surface area (Å²) in [5, 5.41) is 0. The number of amides is 1. The molecule has 9 heteroatoms. The molecule has 150 valence electrons. The van der Waals surface area contributed by atoms with Crippen molar-refractivity contribution in [2.24, 2.45) is 0 Å². The maximum atomic E-state index is 13.4. The number of ether oxygens (including phenoxy) is 1. The van der Waals surface area contributed by atoms with E-state index < -0.39 is 15.8 Å². The van der Waals surface area contributed by atoms with E-state index in [4.69, 9.17) is 4.74 Å². The third-order valence-corrected chi connectivity index (χ3v) is 6.94. The summed E-state index contributed by atoms with van der Waals surface area (Å²) in [6.07, 6.45) is 0.259. The Morgan fingerprint density at radius 3 is 2.41 bits per heavy atom. The number of sulfonamides is 1. The van der Waals surface area contributed by atoms with Crippen LogP contribution in [0.3, 0.4) is 0 Å². The van der Waals surface area contributed by atoms with Crippen LogP contribution < -0.4 is 4.90 Å². The Bertz CT molecular complexity index is 771. The van der Waals surface area contributed by atoms with Crippen molar-refractivity contribution in [3.8, 4) is 0 Å². The summed E-state index contributed by atoms with van der Waals surface area (Å²) in [5.74, 6) is -0.545. The minimum Gasteiger partial charge on any atom is -0.364 e. The fraction of sp³-hybridized carbons (Fsp3) is 0.611. The van der Waals surface area contributed by atoms with Crippen molar-refractivity contribution in [2.45, 2.75) is 31.0 Å². The van der Waals surface area contributed by atoms with E-state index in [-0.39, 0.29) is 36.1 Å². The van der Waals surface area contributed by atoms with Crippen LogP contribution in [0, 0.1) is 5.82 Å². The Kier molecular flexibility index (Phi) is 6.15. The zero-order valence-electron chi connectivity index (χ0n) is 15.7. The fourth-order valence-corrected chi connectivity index (χ4v) is 5.27. The van der Waals surface area contributed by atoms with Gasteiger partial charge in [0.15, 0.2) is 6.54 Å². The lowest BCUT2D eigenvalue weighted by molar-refractivity contribution is -0.907. The van der Waals surface area contributed by atoms with Gasteiger partial charge in [0, 0.05) is 26.2 Å². The smallest absolute Gasteiger partial charge is 0.277 e. The van der Waals surface area contributed by atoms with Crippen LogP contribution >= 0.6 is 0 Å². The highest BCUT2D eigenvalue weighted by atomic mass is 32.2. The van der Waals surface area contributed by atoms with Crippen LogP contribution in [0.4, 0.5) is 4.39 Å². The van der Waals surface area contributed by atoms with Gasteiger partial charge < -0.3 is 14.5 Å². The zero-order valence-corrected chi connectivity index (χ0v) is 16.5. The molecule has 1 aromatic carbocycles. The van der Waals surface area contributed by atoms with E-state index in [0.717, 1.165) is 19.2 Å². The number of nitrogens with zero attached hydrogens (tertiary/aromatic N) is 2. The van der Waals surface area contributed by atoms with Crippen molar-refractivity contribution in [2.75, 3.05) is 45.8 Å². The summed E-state index contributed by atoms with van der Waals surface area (Å²) in [5.41, 5.74) is 0. The first-order chi connectivity index (χ1) is 12.8. The standard InChI is InChI=1S/C18H26FN3O4S/c1-14-11-20(12-15(2)26-14)13-18(23)21-6-8-22(9-7-21)27(24,25)17-5-3-4-16(19)10-17/h3-5,10,14-15H,6-9,11-13H2,1-2H3/p+1/t14-,15-/m0/s1. The lowest BCUT2D eigenvalue weighted by Gasteiger charge is -2.36. The lowest BCUT2D eigenvalue weighted by Crippen LogP contribution is -3.16. The highest BCUT2D eigenvalue weighted by Gasteiger charge is 2.33. The van der Waals surface area contributed by atoms with Crippen LogP contribution in [0.5, 0.6) is 0 Å². The number of morpholine rings is 1. The number of benzene rings is 1. The maximum Gasteiger partial charge on any atom is 0.277 e. The van der Waals surface area contributed by atoms with E-state index in [9.17, 15) is 17.6 Å². The number of nitrogens with one attached hydrogen (secondary N) is 1. The Hall–Kier alpha value is -1.55. The average molecular weight is 400 g/mol. The van der Waals surface area contributed by atoms with Crippen LogP contribution in [0.25, 0.3) is 0 Å². The Morgan fingerprint density at radius 2 is 1.81 bits per heavy atom. The first kappa shape index (κ1) is 20.2. The predicted octanol–water partition coefficient (Wildman–Crippen LogP) is -0.649. The van der Waals surface area contributed by atoms with Crippen LogP contribution in [-0.4, -0.2) is 81.6 Å². The second-order valence-electron chi connectivity index (χ2n) is 7.33. The minimum absolute atomic E-state index is 0.0362. The number of hydrogen-bond acceptors (Lipinski definition) is 4. The minimum atomic E-state index is -3.74. The van der Waals surface area contributed by atoms with Crippen LogP contribution in [-0.2, 0) is 19.6 Å². The molecule has 2 fully saturated rings.